The number of nitrogens with zero attached hydrogens (tertiary/aromatic N) is 3. The molecule has 1 aromatic carbocycles. The second-order valence-electron chi connectivity index (χ2n) is 5.87. The van der Waals surface area contributed by atoms with Gasteiger partial charge in [-0.05, 0) is 29.1 Å². The van der Waals surface area contributed by atoms with E-state index in [-0.39, 0.29) is 5.91 Å². The summed E-state index contributed by atoms with van der Waals surface area (Å²) in [6.45, 7) is 0.767. The Morgan fingerprint density at radius 3 is 3.24 bits per heavy atom. The molecular weight excluding hydrogens is 321 g/mol. The third kappa shape index (κ3) is 3.24. The minimum atomic E-state index is -0.827. The van der Waals surface area contributed by atoms with Crippen LogP contribution in [0.2, 0.25) is 0 Å². The monoisotopic (exact) mass is 337 g/mol. The van der Waals surface area contributed by atoms with Gasteiger partial charge in [0.1, 0.15) is 24.6 Å². The lowest BCUT2D eigenvalue weighted by Crippen LogP contribution is -2.27. The topological polar surface area (TPSA) is 109 Å². The third-order valence-electron chi connectivity index (χ3n) is 4.21. The second kappa shape index (κ2) is 6.62. The molecule has 2 aliphatic heterocycles. The Morgan fingerprint density at radius 1 is 1.40 bits per heavy atom. The van der Waals surface area contributed by atoms with Crippen LogP contribution in [0, 0.1) is 0 Å². The van der Waals surface area contributed by atoms with E-state index in [4.69, 9.17) is 4.65 Å². The summed E-state index contributed by atoms with van der Waals surface area (Å²) in [4.78, 5) is 24.1. The summed E-state index contributed by atoms with van der Waals surface area (Å²) in [6.07, 6.45) is 4.22. The van der Waals surface area contributed by atoms with Crippen LogP contribution in [0.1, 0.15) is 23.1 Å². The van der Waals surface area contributed by atoms with E-state index in [0.717, 1.165) is 22.2 Å². The molecule has 2 aliphatic rings. The van der Waals surface area contributed by atoms with Crippen molar-refractivity contribution in [2.75, 3.05) is 17.3 Å². The SMILES string of the molecule is O=C1CCc2c(NCN=Cc3ccc4c(c3)COB4O)ncnc2N1. The van der Waals surface area contributed by atoms with Crippen molar-refractivity contribution in [1.82, 2.24) is 9.97 Å². The number of aromatic nitrogens is 2. The minimum absolute atomic E-state index is 0.0270. The number of benzene rings is 1. The van der Waals surface area contributed by atoms with Gasteiger partial charge in [0.05, 0.1) is 6.61 Å². The van der Waals surface area contributed by atoms with Crippen molar-refractivity contribution < 1.29 is 14.5 Å². The number of hydrogen-bond donors (Lipinski definition) is 3. The van der Waals surface area contributed by atoms with Crippen molar-refractivity contribution >= 4 is 36.3 Å². The predicted octanol–water partition coefficient (Wildman–Crippen LogP) is 0.0675. The molecule has 2 aromatic rings. The first-order valence-corrected chi connectivity index (χ1v) is 8.00. The van der Waals surface area contributed by atoms with Gasteiger partial charge in [0, 0.05) is 18.2 Å². The Balaban J connectivity index is 1.41. The predicted molar refractivity (Wildman–Crippen MR) is 93.9 cm³/mol. The average Bonchev–Trinajstić information content (AvgIpc) is 2.99. The number of anilines is 2. The number of aliphatic imine (C=N–C) groups is 1. The lowest BCUT2D eigenvalue weighted by molar-refractivity contribution is -0.116. The molecule has 25 heavy (non-hydrogen) atoms. The summed E-state index contributed by atoms with van der Waals surface area (Å²) in [6, 6.07) is 5.70. The highest BCUT2D eigenvalue weighted by Gasteiger charge is 2.26. The lowest BCUT2D eigenvalue weighted by atomic mass is 9.79. The first-order chi connectivity index (χ1) is 12.2. The molecule has 1 aromatic heterocycles. The van der Waals surface area contributed by atoms with Crippen molar-refractivity contribution in [3.8, 4) is 0 Å². The Hall–Kier alpha value is -2.78. The van der Waals surface area contributed by atoms with Gasteiger partial charge in [-0.3, -0.25) is 9.79 Å². The van der Waals surface area contributed by atoms with Crippen LogP contribution in [0.5, 0.6) is 0 Å². The second-order valence-corrected chi connectivity index (χ2v) is 5.87. The van der Waals surface area contributed by atoms with Crippen LogP contribution in [0.4, 0.5) is 11.6 Å². The Labute approximate surface area is 144 Å². The molecule has 0 saturated heterocycles. The molecule has 0 aliphatic carbocycles. The summed E-state index contributed by atoms with van der Waals surface area (Å²) in [5.41, 5.74) is 3.63. The molecule has 9 heteroatoms. The fourth-order valence-electron chi connectivity index (χ4n) is 2.94. The van der Waals surface area contributed by atoms with Gasteiger partial charge < -0.3 is 20.3 Å². The van der Waals surface area contributed by atoms with Crippen molar-refractivity contribution in [1.29, 1.82) is 0 Å². The highest BCUT2D eigenvalue weighted by molar-refractivity contribution is 6.61. The maximum absolute atomic E-state index is 11.4. The van der Waals surface area contributed by atoms with E-state index in [1.807, 2.05) is 18.2 Å². The lowest BCUT2D eigenvalue weighted by Gasteiger charge is -2.17. The van der Waals surface area contributed by atoms with Gasteiger partial charge in [-0.2, -0.15) is 0 Å². The first-order valence-electron chi connectivity index (χ1n) is 8.00. The molecular formula is C16H16BN5O3. The molecule has 0 fully saturated rings. The van der Waals surface area contributed by atoms with Gasteiger partial charge in [-0.15, -0.1) is 0 Å². The van der Waals surface area contributed by atoms with Gasteiger partial charge in [0.2, 0.25) is 5.91 Å². The van der Waals surface area contributed by atoms with Crippen molar-refractivity contribution in [3.63, 3.8) is 0 Å². The highest BCUT2D eigenvalue weighted by atomic mass is 16.5. The quantitative estimate of drug-likeness (QED) is 0.538. The van der Waals surface area contributed by atoms with E-state index in [1.165, 1.54) is 6.33 Å². The molecule has 4 rings (SSSR count). The number of carbonyl (C=O) groups excluding carboxylic acids is 1. The molecule has 0 unspecified atom stereocenters. The number of nitrogens with one attached hydrogen (secondary N) is 2. The molecule has 0 spiro atoms. The van der Waals surface area contributed by atoms with Crippen LogP contribution >= 0.6 is 0 Å². The zero-order valence-electron chi connectivity index (χ0n) is 13.4. The van der Waals surface area contributed by atoms with Crippen molar-refractivity contribution in [3.05, 3.63) is 41.2 Å². The maximum Gasteiger partial charge on any atom is 0.491 e. The number of fused-ring (bicyclic) bond motifs is 2. The zero-order valence-corrected chi connectivity index (χ0v) is 13.4. The van der Waals surface area contributed by atoms with E-state index >= 15 is 0 Å². The maximum atomic E-state index is 11.4. The summed E-state index contributed by atoms with van der Waals surface area (Å²) < 4.78 is 5.18. The van der Waals surface area contributed by atoms with Crippen LogP contribution in [0.3, 0.4) is 0 Å². The van der Waals surface area contributed by atoms with E-state index in [1.54, 1.807) is 6.21 Å². The normalized spacial score (nSPS) is 15.9. The van der Waals surface area contributed by atoms with Gasteiger partial charge in [0.25, 0.3) is 0 Å². The number of rotatable bonds is 4. The average molecular weight is 337 g/mol. The standard InChI is InChI=1S/C16H16BN5O3/c23-14-4-2-12-15(20-9-21-16(12)22-14)19-8-18-6-10-1-3-13-11(5-10)7-25-17(13)24/h1,3,5-6,9,24H,2,4,7-8H2,(H2,19,20,21,22,23). The van der Waals surface area contributed by atoms with Gasteiger partial charge in [0.15, 0.2) is 0 Å². The largest absolute Gasteiger partial charge is 0.491 e. The van der Waals surface area contributed by atoms with Crippen LogP contribution in [0.15, 0.2) is 29.5 Å². The summed E-state index contributed by atoms with van der Waals surface area (Å²) in [5, 5.41) is 15.5. The zero-order chi connectivity index (χ0) is 17.2. The van der Waals surface area contributed by atoms with E-state index in [9.17, 15) is 9.82 Å². The Morgan fingerprint density at radius 2 is 2.32 bits per heavy atom. The van der Waals surface area contributed by atoms with Crippen molar-refractivity contribution in [2.45, 2.75) is 19.4 Å². The van der Waals surface area contributed by atoms with E-state index in [0.29, 0.717) is 37.8 Å². The molecule has 0 radical (unpaired) electrons. The van der Waals surface area contributed by atoms with Crippen LogP contribution in [-0.2, 0) is 22.5 Å². The van der Waals surface area contributed by atoms with Gasteiger partial charge in [-0.25, -0.2) is 9.97 Å². The Bertz CT molecular complexity index is 858. The number of carbonyl (C=O) groups is 1. The molecule has 3 N–H and O–H groups in total. The molecule has 126 valence electrons. The molecule has 8 nitrogen and oxygen atoms in total. The van der Waals surface area contributed by atoms with Crippen LogP contribution < -0.4 is 16.1 Å². The molecule has 0 bridgehead atoms. The van der Waals surface area contributed by atoms with Crippen LogP contribution in [0.25, 0.3) is 0 Å². The summed E-state index contributed by atoms with van der Waals surface area (Å²) >= 11 is 0. The Kier molecular flexibility index (Phi) is 4.16. The first kappa shape index (κ1) is 15.7. The number of hydrogen-bond acceptors (Lipinski definition) is 7. The highest BCUT2D eigenvalue weighted by Crippen LogP contribution is 2.25. The van der Waals surface area contributed by atoms with E-state index < -0.39 is 7.12 Å². The molecule has 0 saturated carbocycles. The van der Waals surface area contributed by atoms with Gasteiger partial charge in [-0.1, -0.05) is 12.1 Å². The molecule has 3 heterocycles. The van der Waals surface area contributed by atoms with E-state index in [2.05, 4.69) is 25.6 Å². The van der Waals surface area contributed by atoms with Crippen molar-refractivity contribution in [2.24, 2.45) is 4.99 Å². The summed E-state index contributed by atoms with van der Waals surface area (Å²) in [5.74, 6) is 1.23. The fourth-order valence-corrected chi connectivity index (χ4v) is 2.94. The fraction of sp³-hybridized carbons (Fsp3) is 0.250. The smallest absolute Gasteiger partial charge is 0.423 e. The van der Waals surface area contributed by atoms with Crippen LogP contribution in [-0.4, -0.2) is 40.9 Å². The number of amides is 1. The summed E-state index contributed by atoms with van der Waals surface area (Å²) in [7, 11) is -0.827. The van der Waals surface area contributed by atoms with Gasteiger partial charge >= 0.3 is 7.12 Å². The molecule has 0 atom stereocenters. The molecule has 1 amide bonds. The third-order valence-corrected chi connectivity index (χ3v) is 4.21. The minimum Gasteiger partial charge on any atom is -0.423 e.